The second-order valence-electron chi connectivity index (χ2n) is 12.9. The molecule has 268 valence electrons. The Kier molecular flexibility index (Phi) is 13.8. The Labute approximate surface area is 305 Å². The maximum atomic E-state index is 14.0. The van der Waals surface area contributed by atoms with Crippen LogP contribution in [-0.2, 0) is 28.9 Å². The van der Waals surface area contributed by atoms with Gasteiger partial charge < -0.3 is 29.6 Å². The van der Waals surface area contributed by atoms with Gasteiger partial charge in [0.2, 0.25) is 5.91 Å². The maximum absolute atomic E-state index is 14.0. The Morgan fingerprint density at radius 1 is 0.960 bits per heavy atom. The van der Waals surface area contributed by atoms with Gasteiger partial charge in [0.05, 0.1) is 16.0 Å². The topological polar surface area (TPSA) is 106 Å². The lowest BCUT2D eigenvalue weighted by Gasteiger charge is -2.27. The van der Waals surface area contributed by atoms with E-state index in [0.717, 1.165) is 54.4 Å². The van der Waals surface area contributed by atoms with Crippen molar-refractivity contribution in [2.45, 2.75) is 58.0 Å². The summed E-state index contributed by atoms with van der Waals surface area (Å²) in [6, 6.07) is 17.7. The molecule has 1 unspecified atom stereocenters. The van der Waals surface area contributed by atoms with Crippen LogP contribution in [0.25, 0.3) is 0 Å². The molecule has 50 heavy (non-hydrogen) atoms. The van der Waals surface area contributed by atoms with Gasteiger partial charge in [0.25, 0.3) is 5.71 Å². The molecule has 3 N–H and O–H groups in total. The molecule has 1 aliphatic heterocycles. The first-order valence-electron chi connectivity index (χ1n) is 17.3. The second-order valence-corrected chi connectivity index (χ2v) is 13.7. The molecule has 2 aliphatic rings. The van der Waals surface area contributed by atoms with Gasteiger partial charge in [0.15, 0.2) is 18.9 Å². The predicted molar refractivity (Wildman–Crippen MR) is 196 cm³/mol. The first-order valence-corrected chi connectivity index (χ1v) is 18.0. The number of hydrogen-bond donors (Lipinski definition) is 2. The average Bonchev–Trinajstić information content (AvgIpc) is 3.94. The summed E-state index contributed by atoms with van der Waals surface area (Å²) in [5.41, 5.74) is 11.0. The van der Waals surface area contributed by atoms with Gasteiger partial charge >= 0.3 is 0 Å². The predicted octanol–water partition coefficient (Wildman–Crippen LogP) is 6.83. The van der Waals surface area contributed by atoms with Crippen LogP contribution in [0.15, 0.2) is 66.7 Å². The van der Waals surface area contributed by atoms with E-state index in [1.807, 2.05) is 72.5 Å². The zero-order chi connectivity index (χ0) is 35.5. The van der Waals surface area contributed by atoms with Gasteiger partial charge in [0, 0.05) is 45.3 Å². The SMILES string of the molecule is COCCCc1cc(CN(C(=O)C(CN)Cc2ccc(OCCOc3c(Cl)cc(C)cc3Cl)cc2)C2CC2)cc(OCC2=[N+](O)CCC=C2)c1. The smallest absolute Gasteiger partial charge is 0.264 e. The molecule has 3 aromatic carbocycles. The third-order valence-electron chi connectivity index (χ3n) is 8.78. The zero-order valence-corrected chi connectivity index (χ0v) is 30.4. The van der Waals surface area contributed by atoms with E-state index in [1.165, 1.54) is 4.74 Å². The molecule has 0 saturated heterocycles. The summed E-state index contributed by atoms with van der Waals surface area (Å²) < 4.78 is 24.3. The molecule has 1 saturated carbocycles. The van der Waals surface area contributed by atoms with E-state index in [9.17, 15) is 10.0 Å². The molecule has 1 heterocycles. The number of amides is 1. The minimum atomic E-state index is -0.356. The summed E-state index contributed by atoms with van der Waals surface area (Å²) in [4.78, 5) is 16.0. The Balaban J connectivity index is 1.19. The molecule has 1 fully saturated rings. The molecule has 0 radical (unpaired) electrons. The fourth-order valence-electron chi connectivity index (χ4n) is 6.00. The lowest BCUT2D eigenvalue weighted by atomic mass is 9.97. The molecule has 9 nitrogen and oxygen atoms in total. The van der Waals surface area contributed by atoms with E-state index in [-0.39, 0.29) is 37.6 Å². The number of methoxy groups -OCH3 is 1. The highest BCUT2D eigenvalue weighted by Gasteiger charge is 2.35. The first kappa shape index (κ1) is 37.5. The summed E-state index contributed by atoms with van der Waals surface area (Å²) in [7, 11) is 1.70. The van der Waals surface area contributed by atoms with Crippen LogP contribution < -0.4 is 19.9 Å². The summed E-state index contributed by atoms with van der Waals surface area (Å²) in [6.07, 6.45) is 8.91. The number of benzene rings is 3. The Bertz CT molecular complexity index is 1630. The monoisotopic (exact) mass is 724 g/mol. The van der Waals surface area contributed by atoms with Crippen molar-refractivity contribution in [3.8, 4) is 17.2 Å². The number of hydroxylamine groups is 1. The highest BCUT2D eigenvalue weighted by atomic mass is 35.5. The van der Waals surface area contributed by atoms with Gasteiger partial charge in [-0.05, 0) is 102 Å². The minimum Gasteiger partial charge on any atom is -0.490 e. The van der Waals surface area contributed by atoms with Gasteiger partial charge in [-0.3, -0.25) is 10.0 Å². The molecule has 1 atom stereocenters. The molecule has 0 bridgehead atoms. The van der Waals surface area contributed by atoms with Crippen LogP contribution in [0.5, 0.6) is 17.2 Å². The number of halogens is 2. The standard InChI is InChI=1S/C39H48Cl2N3O6/c1-27-18-36(40)38(37(41)19-27)49-17-16-48-34-12-8-28(9-13-34)21-31(24-42)39(45)43(32-10-11-32)25-30-20-29(6-5-15-47-2)22-35(23-30)50-26-33-7-3-4-14-44(33)46/h3,7-9,12-13,18-20,22-23,31-32,46H,4-6,10-11,14-17,21,24-26,42H2,1-2H3/q+1. The highest BCUT2D eigenvalue weighted by molar-refractivity contribution is 6.37. The van der Waals surface area contributed by atoms with Crippen molar-refractivity contribution < 1.29 is 33.7 Å². The third-order valence-corrected chi connectivity index (χ3v) is 9.34. The number of rotatable bonds is 19. The van der Waals surface area contributed by atoms with E-state index >= 15 is 0 Å². The molecule has 11 heteroatoms. The Hall–Kier alpha value is -3.76. The molecule has 1 amide bonds. The van der Waals surface area contributed by atoms with E-state index < -0.39 is 0 Å². The molecule has 5 rings (SSSR count). The second kappa shape index (κ2) is 18.5. The Morgan fingerprint density at radius 3 is 2.36 bits per heavy atom. The number of carbonyl (C=O) groups is 1. The van der Waals surface area contributed by atoms with Crippen molar-refractivity contribution >= 4 is 34.8 Å². The van der Waals surface area contributed by atoms with Gasteiger partial charge in [-0.1, -0.05) is 47.5 Å². The quantitative estimate of drug-likeness (QED) is 0.0794. The fraction of sp³-hybridized carbons (Fsp3) is 0.436. The van der Waals surface area contributed by atoms with Gasteiger partial charge in [-0.15, -0.1) is 0 Å². The summed E-state index contributed by atoms with van der Waals surface area (Å²) >= 11 is 12.5. The van der Waals surface area contributed by atoms with Crippen molar-refractivity contribution in [1.82, 2.24) is 4.90 Å². The van der Waals surface area contributed by atoms with Crippen molar-refractivity contribution in [3.05, 3.63) is 99.0 Å². The largest absolute Gasteiger partial charge is 0.490 e. The van der Waals surface area contributed by atoms with Crippen molar-refractivity contribution in [3.63, 3.8) is 0 Å². The van der Waals surface area contributed by atoms with E-state index in [1.54, 1.807) is 7.11 Å². The van der Waals surface area contributed by atoms with Crippen LogP contribution in [0.3, 0.4) is 0 Å². The number of ether oxygens (including phenoxy) is 4. The number of hydrogen-bond acceptors (Lipinski definition) is 7. The van der Waals surface area contributed by atoms with E-state index in [2.05, 4.69) is 6.07 Å². The van der Waals surface area contributed by atoms with Gasteiger partial charge in [-0.2, -0.15) is 0 Å². The number of carbonyl (C=O) groups excluding carboxylic acids is 1. The molecule has 0 spiro atoms. The summed E-state index contributed by atoms with van der Waals surface area (Å²) in [5, 5.41) is 11.2. The summed E-state index contributed by atoms with van der Waals surface area (Å²) in [5.74, 6) is 1.56. The molecule has 0 aromatic heterocycles. The first-order chi connectivity index (χ1) is 24.2. The molecule has 3 aromatic rings. The minimum absolute atomic E-state index is 0.0620. The van der Waals surface area contributed by atoms with Crippen LogP contribution in [0, 0.1) is 12.8 Å². The van der Waals surface area contributed by atoms with E-state index in [4.69, 9.17) is 47.9 Å². The van der Waals surface area contributed by atoms with Crippen LogP contribution in [0.4, 0.5) is 0 Å². The normalized spacial score (nSPS) is 14.8. The average molecular weight is 726 g/mol. The van der Waals surface area contributed by atoms with Gasteiger partial charge in [0.1, 0.15) is 24.7 Å². The number of nitrogens with zero attached hydrogens (tertiary/aromatic N) is 2. The number of nitrogens with two attached hydrogens (primary N) is 1. The number of aryl methyl sites for hydroxylation is 2. The maximum Gasteiger partial charge on any atom is 0.264 e. The van der Waals surface area contributed by atoms with Crippen LogP contribution in [0.2, 0.25) is 10.0 Å². The van der Waals surface area contributed by atoms with Crippen molar-refractivity contribution in [2.24, 2.45) is 11.7 Å². The van der Waals surface area contributed by atoms with Crippen molar-refractivity contribution in [1.29, 1.82) is 0 Å². The molecular weight excluding hydrogens is 677 g/mol. The zero-order valence-electron chi connectivity index (χ0n) is 28.9. The molecular formula is C39H48Cl2N3O6+. The van der Waals surface area contributed by atoms with Crippen LogP contribution >= 0.6 is 23.2 Å². The lowest BCUT2D eigenvalue weighted by Crippen LogP contribution is -2.41. The van der Waals surface area contributed by atoms with E-state index in [0.29, 0.717) is 65.7 Å². The summed E-state index contributed by atoms with van der Waals surface area (Å²) in [6.45, 7) is 4.71. The van der Waals surface area contributed by atoms with Gasteiger partial charge in [-0.25, -0.2) is 0 Å². The highest BCUT2D eigenvalue weighted by Crippen LogP contribution is 2.34. The fourth-order valence-corrected chi connectivity index (χ4v) is 6.71. The molecule has 1 aliphatic carbocycles. The van der Waals surface area contributed by atoms with Crippen LogP contribution in [-0.4, -0.2) is 79.1 Å². The Morgan fingerprint density at radius 2 is 1.68 bits per heavy atom. The van der Waals surface area contributed by atoms with Crippen molar-refractivity contribution in [2.75, 3.05) is 46.6 Å². The van der Waals surface area contributed by atoms with Crippen LogP contribution in [0.1, 0.15) is 47.9 Å². The lowest BCUT2D eigenvalue weighted by molar-refractivity contribution is -0.774. The third kappa shape index (κ3) is 10.9.